The van der Waals surface area contributed by atoms with Gasteiger partial charge in [0.15, 0.2) is 0 Å². The zero-order valence-electron chi connectivity index (χ0n) is 43.1. The van der Waals surface area contributed by atoms with Gasteiger partial charge in [-0.05, 0) is 63.2 Å². The molecule has 0 amide bonds. The minimum atomic E-state index is 0.795. The van der Waals surface area contributed by atoms with Gasteiger partial charge in [0.05, 0.1) is 0 Å². The molecule has 0 aliphatic carbocycles. The maximum atomic E-state index is 6.16. The van der Waals surface area contributed by atoms with Crippen molar-refractivity contribution >= 4 is 0 Å². The normalized spacial score (nSPS) is 12.8. The van der Waals surface area contributed by atoms with Crippen LogP contribution in [0.4, 0.5) is 0 Å². The molecule has 0 fully saturated rings. The van der Waals surface area contributed by atoms with Crippen LogP contribution in [0.25, 0.3) is 0 Å². The number of hydrogen-bond acceptors (Lipinski definition) is 3. The van der Waals surface area contributed by atoms with Crippen LogP contribution in [0.1, 0.15) is 323 Å². The minimum Gasteiger partial charge on any atom is -0.381 e. The molecule has 2 atom stereocenters. The van der Waals surface area contributed by atoms with E-state index in [1.54, 1.807) is 0 Å². The molecule has 0 aromatic heterocycles. The third-order valence-corrected chi connectivity index (χ3v) is 13.7. The van der Waals surface area contributed by atoms with E-state index >= 15 is 0 Å². The van der Waals surface area contributed by atoms with E-state index in [4.69, 9.17) is 14.2 Å². The van der Waals surface area contributed by atoms with Gasteiger partial charge in [0, 0.05) is 39.6 Å². The summed E-state index contributed by atoms with van der Waals surface area (Å²) in [5.74, 6) is 1.59. The Balaban J connectivity index is 3.73. The quantitative estimate of drug-likeness (QED) is 0.0570. The van der Waals surface area contributed by atoms with Crippen molar-refractivity contribution in [1.29, 1.82) is 0 Å². The van der Waals surface area contributed by atoms with Crippen molar-refractivity contribution in [3.63, 3.8) is 0 Å². The lowest BCUT2D eigenvalue weighted by Crippen LogP contribution is -2.11. The molecule has 3 nitrogen and oxygen atoms in total. The van der Waals surface area contributed by atoms with E-state index in [1.807, 2.05) is 0 Å². The van der Waals surface area contributed by atoms with E-state index in [0.717, 1.165) is 51.5 Å². The molecule has 0 saturated carbocycles. The van der Waals surface area contributed by atoms with Crippen molar-refractivity contribution in [2.45, 2.75) is 323 Å². The van der Waals surface area contributed by atoms with Crippen LogP contribution in [0, 0.1) is 11.8 Å². The van der Waals surface area contributed by atoms with E-state index in [0.29, 0.717) is 0 Å². The predicted octanol–water partition coefficient (Wildman–Crippen LogP) is 20.3. The van der Waals surface area contributed by atoms with Gasteiger partial charge < -0.3 is 14.2 Å². The summed E-state index contributed by atoms with van der Waals surface area (Å²) >= 11 is 0. The highest BCUT2D eigenvalue weighted by atomic mass is 16.5. The van der Waals surface area contributed by atoms with Crippen molar-refractivity contribution in [2.75, 3.05) is 39.6 Å². The standard InChI is InChI=1S/C58H118O3/c1-5-9-13-15-17-19-21-27-33-39-47-57(55-60-53-43-11-7-3)49-41-35-29-23-25-31-37-45-51-59-52-46-38-32-26-24-30-36-42-50-58(56-61-54-44-12-8-4)48-40-34-28-22-20-18-16-14-10-6-2/h57-58H,5-56H2,1-4H3. The van der Waals surface area contributed by atoms with Crippen LogP contribution in [-0.4, -0.2) is 39.6 Å². The summed E-state index contributed by atoms with van der Waals surface area (Å²) in [6.45, 7) is 15.1. The molecule has 0 heterocycles. The second-order valence-electron chi connectivity index (χ2n) is 20.1. The summed E-state index contributed by atoms with van der Waals surface area (Å²) < 4.78 is 18.3. The molecular weight excluding hydrogens is 745 g/mol. The highest BCUT2D eigenvalue weighted by molar-refractivity contribution is 4.63. The first-order chi connectivity index (χ1) is 30.3. The molecule has 0 bridgehead atoms. The minimum absolute atomic E-state index is 0.795. The smallest absolute Gasteiger partial charge is 0.0494 e. The van der Waals surface area contributed by atoms with Crippen molar-refractivity contribution < 1.29 is 14.2 Å². The van der Waals surface area contributed by atoms with Gasteiger partial charge in [-0.2, -0.15) is 0 Å². The topological polar surface area (TPSA) is 27.7 Å². The number of unbranched alkanes of at least 4 members (excludes halogenated alkanes) is 36. The lowest BCUT2D eigenvalue weighted by molar-refractivity contribution is 0.0881. The maximum absolute atomic E-state index is 6.16. The molecule has 0 aromatic carbocycles. The monoisotopic (exact) mass is 863 g/mol. The third kappa shape index (κ3) is 52.4. The van der Waals surface area contributed by atoms with Crippen LogP contribution >= 0.6 is 0 Å². The Morgan fingerprint density at radius 1 is 0.197 bits per heavy atom. The number of hydrogen-bond donors (Lipinski definition) is 0. The van der Waals surface area contributed by atoms with Crippen molar-refractivity contribution in [1.82, 2.24) is 0 Å². The molecule has 368 valence electrons. The van der Waals surface area contributed by atoms with E-state index in [-0.39, 0.29) is 0 Å². The fourth-order valence-electron chi connectivity index (χ4n) is 9.37. The summed E-state index contributed by atoms with van der Waals surface area (Å²) in [4.78, 5) is 0. The van der Waals surface area contributed by atoms with Crippen LogP contribution in [0.15, 0.2) is 0 Å². The average Bonchev–Trinajstić information content (AvgIpc) is 3.27. The largest absolute Gasteiger partial charge is 0.381 e. The molecule has 2 unspecified atom stereocenters. The van der Waals surface area contributed by atoms with Gasteiger partial charge in [0.25, 0.3) is 0 Å². The molecule has 61 heavy (non-hydrogen) atoms. The van der Waals surface area contributed by atoms with E-state index in [2.05, 4.69) is 27.7 Å². The predicted molar refractivity (Wildman–Crippen MR) is 275 cm³/mol. The molecule has 0 aliphatic heterocycles. The molecule has 3 heteroatoms. The zero-order valence-corrected chi connectivity index (χ0v) is 43.1. The van der Waals surface area contributed by atoms with Crippen molar-refractivity contribution in [3.05, 3.63) is 0 Å². The Kier molecular flexibility index (Phi) is 55.9. The van der Waals surface area contributed by atoms with Crippen LogP contribution < -0.4 is 0 Å². The summed E-state index contributed by atoms with van der Waals surface area (Å²) in [6.07, 6.45) is 64.1. The average molecular weight is 864 g/mol. The van der Waals surface area contributed by atoms with Crippen LogP contribution in [-0.2, 0) is 14.2 Å². The maximum Gasteiger partial charge on any atom is 0.0494 e. The number of ether oxygens (including phenoxy) is 3. The van der Waals surface area contributed by atoms with Gasteiger partial charge in [-0.1, -0.05) is 272 Å². The Labute approximate surface area is 387 Å². The third-order valence-electron chi connectivity index (χ3n) is 13.7. The highest BCUT2D eigenvalue weighted by Gasteiger charge is 2.11. The first-order valence-corrected chi connectivity index (χ1v) is 29.0. The van der Waals surface area contributed by atoms with Gasteiger partial charge in [-0.3, -0.25) is 0 Å². The Morgan fingerprint density at radius 3 is 0.639 bits per heavy atom. The molecule has 0 aliphatic rings. The van der Waals surface area contributed by atoms with Gasteiger partial charge in [-0.15, -0.1) is 0 Å². The van der Waals surface area contributed by atoms with Gasteiger partial charge in [0.2, 0.25) is 0 Å². The molecule has 0 aromatic rings. The van der Waals surface area contributed by atoms with Gasteiger partial charge in [0.1, 0.15) is 0 Å². The van der Waals surface area contributed by atoms with Gasteiger partial charge in [-0.25, -0.2) is 0 Å². The molecular formula is C58H118O3. The van der Waals surface area contributed by atoms with Crippen LogP contribution in [0.2, 0.25) is 0 Å². The molecule has 0 spiro atoms. The van der Waals surface area contributed by atoms with Crippen molar-refractivity contribution in [3.8, 4) is 0 Å². The molecule has 0 radical (unpaired) electrons. The highest BCUT2D eigenvalue weighted by Crippen LogP contribution is 2.22. The Bertz CT molecular complexity index is 681. The van der Waals surface area contributed by atoms with Crippen LogP contribution in [0.5, 0.6) is 0 Å². The fraction of sp³-hybridized carbons (Fsp3) is 1.00. The fourth-order valence-corrected chi connectivity index (χ4v) is 9.37. The summed E-state index contributed by atoms with van der Waals surface area (Å²) in [5.41, 5.74) is 0. The first-order valence-electron chi connectivity index (χ1n) is 29.0. The lowest BCUT2D eigenvalue weighted by atomic mass is 9.94. The SMILES string of the molecule is CCCCCCCCCCCCC(CCCCCCCCCCOCCCCCCCCCCC(CCCCCCCCCCCC)COCCCCC)COCCCCC. The van der Waals surface area contributed by atoms with Crippen molar-refractivity contribution in [2.24, 2.45) is 11.8 Å². The van der Waals surface area contributed by atoms with E-state index in [9.17, 15) is 0 Å². The van der Waals surface area contributed by atoms with E-state index in [1.165, 1.54) is 295 Å². The molecule has 0 rings (SSSR count). The van der Waals surface area contributed by atoms with E-state index < -0.39 is 0 Å². The van der Waals surface area contributed by atoms with Crippen LogP contribution in [0.3, 0.4) is 0 Å². The lowest BCUT2D eigenvalue weighted by Gasteiger charge is -2.17. The first kappa shape index (κ1) is 60.9. The Morgan fingerprint density at radius 2 is 0.377 bits per heavy atom. The second kappa shape index (κ2) is 56.0. The summed E-state index contributed by atoms with van der Waals surface area (Å²) in [5, 5.41) is 0. The Hall–Kier alpha value is -0.120. The summed E-state index contributed by atoms with van der Waals surface area (Å²) in [7, 11) is 0. The number of rotatable bonds is 56. The summed E-state index contributed by atoms with van der Waals surface area (Å²) in [6, 6.07) is 0. The zero-order chi connectivity index (χ0) is 44.0. The molecule has 0 N–H and O–H groups in total. The van der Waals surface area contributed by atoms with Gasteiger partial charge >= 0.3 is 0 Å². The second-order valence-corrected chi connectivity index (χ2v) is 20.1. The molecule has 0 saturated heterocycles.